The normalized spacial score (nSPS) is 17.6. The van der Waals surface area contributed by atoms with E-state index in [-0.39, 0.29) is 69.9 Å². The van der Waals surface area contributed by atoms with E-state index < -0.39 is 187 Å². The van der Waals surface area contributed by atoms with Crippen LogP contribution in [0, 0.1) is 17.8 Å². The molecule has 2 aliphatic heterocycles. The van der Waals surface area contributed by atoms with Gasteiger partial charge in [0.25, 0.3) is 0 Å². The second kappa shape index (κ2) is 42.8. The van der Waals surface area contributed by atoms with Gasteiger partial charge in [-0.3, -0.25) is 62.3 Å². The number of carbonyl (C=O) groups is 14. The molecule has 0 spiro atoms. The molecule has 17 N–H and O–H groups in total. The van der Waals surface area contributed by atoms with Crippen molar-refractivity contribution in [2.24, 2.45) is 29.2 Å². The molecule has 13 amide bonds. The number of hydrogen-bond donors (Lipinski definition) is 15. The zero-order valence-electron chi connectivity index (χ0n) is 59.0. The van der Waals surface area contributed by atoms with Crippen LogP contribution in [-0.2, 0) is 80.0 Å². The van der Waals surface area contributed by atoms with Gasteiger partial charge in [-0.1, -0.05) is 102 Å². The first-order valence-corrected chi connectivity index (χ1v) is 36.8. The lowest BCUT2D eigenvalue weighted by molar-refractivity contribution is -0.144. The zero-order valence-corrected chi connectivity index (χ0v) is 60.6. The molecule has 560 valence electrons. The Bertz CT molecular complexity index is 3150. The number of amides is 13. The Morgan fingerprint density at radius 3 is 1.33 bits per heavy atom. The number of nitrogens with one attached hydrogen (secondary N) is 10. The lowest BCUT2D eigenvalue weighted by atomic mass is 9.99. The third kappa shape index (κ3) is 27.5. The fraction of sp³-hybridized carbons (Fsp3) is 0.618. The summed E-state index contributed by atoms with van der Waals surface area (Å²) >= 11 is 2.93. The van der Waals surface area contributed by atoms with Crippen molar-refractivity contribution in [1.82, 2.24) is 63.0 Å². The van der Waals surface area contributed by atoms with Gasteiger partial charge in [0.1, 0.15) is 72.5 Å². The predicted molar refractivity (Wildman–Crippen MR) is 378 cm³/mol. The van der Waals surface area contributed by atoms with Crippen LogP contribution in [0.25, 0.3) is 0 Å². The van der Waals surface area contributed by atoms with Gasteiger partial charge < -0.3 is 89.8 Å². The van der Waals surface area contributed by atoms with Crippen LogP contribution in [0.2, 0.25) is 0 Å². The van der Waals surface area contributed by atoms with E-state index >= 15 is 0 Å². The average Bonchev–Trinajstić information content (AvgIpc) is 1.74. The van der Waals surface area contributed by atoms with E-state index in [1.54, 1.807) is 90.3 Å². The number of primary amides is 1. The van der Waals surface area contributed by atoms with Gasteiger partial charge in [-0.05, 0) is 111 Å². The molecule has 2 heterocycles. The first kappa shape index (κ1) is 85.0. The monoisotopic (exact) mass is 1450 g/mol. The maximum Gasteiger partial charge on any atom is 0.326 e. The topological polar surface area (TPSA) is 478 Å². The Labute approximate surface area is 598 Å². The molecule has 2 aromatic carbocycles. The summed E-state index contributed by atoms with van der Waals surface area (Å²) < 4.78 is 0. The molecule has 13 atom stereocenters. The van der Waals surface area contributed by atoms with Gasteiger partial charge in [0.05, 0.1) is 25.7 Å². The number of nitrogens with two attached hydrogens (primary N) is 2. The minimum Gasteiger partial charge on any atom is -0.480 e. The van der Waals surface area contributed by atoms with Gasteiger partial charge in [-0.25, -0.2) is 4.79 Å². The van der Waals surface area contributed by atoms with Crippen LogP contribution in [0.15, 0.2) is 60.7 Å². The molecule has 0 aliphatic carbocycles. The molecule has 2 aromatic rings. The number of aliphatic hydroxyl groups excluding tert-OH is 2. The first-order valence-electron chi connectivity index (χ1n) is 34.0. The fourth-order valence-corrected chi connectivity index (χ4v) is 12.5. The van der Waals surface area contributed by atoms with Crippen LogP contribution in [0.4, 0.5) is 0 Å². The van der Waals surface area contributed by atoms with Crippen LogP contribution < -0.4 is 64.6 Å². The zero-order chi connectivity index (χ0) is 75.2. The maximum atomic E-state index is 14.5. The van der Waals surface area contributed by atoms with Gasteiger partial charge in [-0.2, -0.15) is 23.5 Å². The summed E-state index contributed by atoms with van der Waals surface area (Å²) in [4.78, 5) is 194. The van der Waals surface area contributed by atoms with Crippen LogP contribution in [0.1, 0.15) is 117 Å². The highest BCUT2D eigenvalue weighted by Gasteiger charge is 2.43. The summed E-state index contributed by atoms with van der Waals surface area (Å²) in [5, 5.41) is 56.1. The van der Waals surface area contributed by atoms with Gasteiger partial charge in [0, 0.05) is 25.9 Å². The summed E-state index contributed by atoms with van der Waals surface area (Å²) in [6.45, 7) is 9.72. The van der Waals surface area contributed by atoms with Crippen LogP contribution >= 0.6 is 23.5 Å². The summed E-state index contributed by atoms with van der Waals surface area (Å²) in [5.74, 6) is -12.4. The number of carbonyl (C=O) groups excluding carboxylic acids is 13. The Balaban J connectivity index is 1.44. The van der Waals surface area contributed by atoms with Crippen LogP contribution in [0.3, 0.4) is 0 Å². The minimum atomic E-state index is -1.80. The number of aliphatic carboxylic acids is 1. The second-order valence-electron chi connectivity index (χ2n) is 26.5. The van der Waals surface area contributed by atoms with E-state index in [9.17, 15) is 82.4 Å². The summed E-state index contributed by atoms with van der Waals surface area (Å²) in [6, 6.07) is 0.164. The Hall–Kier alpha value is -8.40. The Kier molecular flexibility index (Phi) is 36.0. The molecule has 2 aliphatic rings. The number of benzene rings is 2. The Morgan fingerprint density at radius 1 is 0.475 bits per heavy atom. The molecule has 0 aromatic heterocycles. The number of carboxylic acid groups (broad SMARTS) is 1. The highest BCUT2D eigenvalue weighted by molar-refractivity contribution is 7.98. The van der Waals surface area contributed by atoms with Gasteiger partial charge in [0.2, 0.25) is 76.8 Å². The lowest BCUT2D eigenvalue weighted by Crippen LogP contribution is -2.62. The van der Waals surface area contributed by atoms with Crippen molar-refractivity contribution in [3.8, 4) is 0 Å². The van der Waals surface area contributed by atoms with Crippen molar-refractivity contribution in [1.29, 1.82) is 0 Å². The molecule has 4 rings (SSSR count). The number of aliphatic hydroxyl groups is 2. The second-order valence-corrected chi connectivity index (χ2v) is 28.5. The minimum absolute atomic E-state index is 0.00702. The third-order valence-electron chi connectivity index (χ3n) is 17.0. The number of likely N-dealkylation sites (tertiary alicyclic amines) is 2. The molecular formula is C68H104N14O17S2. The van der Waals surface area contributed by atoms with Crippen molar-refractivity contribution in [2.45, 2.75) is 198 Å². The van der Waals surface area contributed by atoms with Gasteiger partial charge in [-0.15, -0.1) is 0 Å². The molecular weight excluding hydrogens is 1350 g/mol. The first-order chi connectivity index (χ1) is 47.8. The quantitative estimate of drug-likeness (QED) is 0.0337. The predicted octanol–water partition coefficient (Wildman–Crippen LogP) is -2.15. The summed E-state index contributed by atoms with van der Waals surface area (Å²) in [7, 11) is 0. The van der Waals surface area contributed by atoms with Crippen LogP contribution in [0.5, 0.6) is 0 Å². The van der Waals surface area contributed by atoms with Crippen molar-refractivity contribution < 1.29 is 82.4 Å². The SMILES string of the molecule is CSCC[C@H](NC(=O)[C@H](C)NC(=O)[C@@H]1CCCN1C(=O)[C@H](Cc1ccccc1)NC(=O)[C@@H](N)CCSC)C(=O)N1CCC[C@H]1C(=O)N[C@@H](CC(C)C)C(=O)N[C@@H](CO)C(=O)N[C@@H](CO)C(=O)N[C@@H](CC(C)C)C(=O)N[C@@H](Cc1ccccc1)C(=O)N[C@H](C(=O)N[C@@H](CC(N)=O)C(=O)O)C(C)C. The van der Waals surface area contributed by atoms with E-state index in [2.05, 4.69) is 53.2 Å². The molecule has 0 unspecified atom stereocenters. The van der Waals surface area contributed by atoms with Crippen molar-refractivity contribution in [3.63, 3.8) is 0 Å². The molecule has 0 bridgehead atoms. The average molecular weight is 1450 g/mol. The van der Waals surface area contributed by atoms with Crippen LogP contribution in [-0.4, -0.2) is 237 Å². The highest BCUT2D eigenvalue weighted by Crippen LogP contribution is 2.23. The summed E-state index contributed by atoms with van der Waals surface area (Å²) in [6.07, 6.45) is 4.65. The Morgan fingerprint density at radius 2 is 0.871 bits per heavy atom. The number of carboxylic acids is 1. The highest BCUT2D eigenvalue weighted by atomic mass is 32.2. The van der Waals surface area contributed by atoms with Gasteiger partial charge >= 0.3 is 5.97 Å². The molecule has 2 saturated heterocycles. The molecule has 2 fully saturated rings. The number of rotatable bonds is 42. The third-order valence-corrected chi connectivity index (χ3v) is 18.3. The van der Waals surface area contributed by atoms with E-state index in [1.807, 2.05) is 24.5 Å². The van der Waals surface area contributed by atoms with Crippen molar-refractivity contribution in [2.75, 3.05) is 50.3 Å². The number of thioether (sulfide) groups is 2. The molecule has 33 heteroatoms. The summed E-state index contributed by atoms with van der Waals surface area (Å²) in [5.41, 5.74) is 12.7. The van der Waals surface area contributed by atoms with E-state index in [4.69, 9.17) is 11.5 Å². The fourth-order valence-electron chi connectivity index (χ4n) is 11.5. The standard InChI is InChI=1S/C68H104N14O17S2/c1-37(2)30-45(58(88)74-47(32-41-18-12-10-13-19-41)60(90)80-55(39(5)6)65(95)77-49(68(98)99)34-54(70)85)73-61(91)50(35-83)79-62(92)51(36-84)78-59(89)46(31-38(3)4)75-64(94)53-23-17-26-81(53)66(96)44(25-29-101-9)72-56(86)40(7)71-63(93)52-22-16-27-82(52)67(97)48(33-42-20-14-11-15-21-42)76-57(87)43(69)24-28-100-8/h10-15,18-21,37-40,43-53,55,83-84H,16-17,22-36,69H2,1-9H3,(H2,70,85)(H,71,93)(H,72,86)(H,73,91)(H,74,88)(H,75,94)(H,76,87)(H,77,95)(H,78,89)(H,79,92)(H,80,90)(H,98,99)/t40-,43-,44-,45-,46-,47-,48-,49-,50-,51-,52-,53-,55-/m0/s1. The molecule has 101 heavy (non-hydrogen) atoms. The van der Waals surface area contributed by atoms with Gasteiger partial charge in [0.15, 0.2) is 0 Å². The molecule has 0 saturated carbocycles. The van der Waals surface area contributed by atoms with Crippen molar-refractivity contribution in [3.05, 3.63) is 71.8 Å². The maximum absolute atomic E-state index is 14.5. The van der Waals surface area contributed by atoms with E-state index in [0.29, 0.717) is 36.3 Å². The van der Waals surface area contributed by atoms with E-state index in [0.717, 1.165) is 5.56 Å². The molecule has 31 nitrogen and oxygen atoms in total. The van der Waals surface area contributed by atoms with E-state index in [1.165, 1.54) is 40.2 Å². The number of hydrogen-bond acceptors (Lipinski definition) is 19. The largest absolute Gasteiger partial charge is 0.480 e. The molecule has 0 radical (unpaired) electrons. The van der Waals surface area contributed by atoms with Crippen molar-refractivity contribution >= 4 is 106 Å². The smallest absolute Gasteiger partial charge is 0.326 e. The number of nitrogens with zero attached hydrogens (tertiary/aromatic N) is 2. The lowest BCUT2D eigenvalue weighted by Gasteiger charge is -2.31.